The second kappa shape index (κ2) is 10.1. The molecule has 0 saturated carbocycles. The quantitative estimate of drug-likeness (QED) is 0.352. The molecule has 1 heterocycles. The molecule has 1 aliphatic rings. The fraction of sp³-hybridized carbons (Fsp3) is 0.192. The number of nitrogens with two attached hydrogens (primary N) is 1. The lowest BCUT2D eigenvalue weighted by Gasteiger charge is -2.14. The first-order chi connectivity index (χ1) is 16.4. The highest BCUT2D eigenvalue weighted by atomic mass is 16.6. The number of amides is 2. The first-order valence-electron chi connectivity index (χ1n) is 10.9. The van der Waals surface area contributed by atoms with Crippen LogP contribution in [-0.4, -0.2) is 37.1 Å². The molecule has 1 saturated heterocycles. The Kier molecular flexibility index (Phi) is 6.77. The van der Waals surface area contributed by atoms with Gasteiger partial charge in [0, 0.05) is 23.4 Å². The molecular formula is C26H26N4O4. The van der Waals surface area contributed by atoms with Crippen LogP contribution in [0.4, 0.5) is 10.5 Å². The Morgan fingerprint density at radius 2 is 1.85 bits per heavy atom. The lowest BCUT2D eigenvalue weighted by Crippen LogP contribution is -2.26. The smallest absolute Gasteiger partial charge is 0.414 e. The van der Waals surface area contributed by atoms with Crippen molar-refractivity contribution in [3.05, 3.63) is 95.1 Å². The third-order valence-electron chi connectivity index (χ3n) is 5.47. The van der Waals surface area contributed by atoms with Gasteiger partial charge in [-0.3, -0.25) is 15.1 Å². The maximum Gasteiger partial charge on any atom is 0.414 e. The van der Waals surface area contributed by atoms with E-state index in [-0.39, 0.29) is 18.3 Å². The van der Waals surface area contributed by atoms with Crippen LogP contribution in [0.2, 0.25) is 0 Å². The SMILES string of the molecule is Cc1ccc(CNC(=O)c2cccc(OCC3CN(c4ccc(C(=N)N)cc4)C(=O)O3)c2)cc1. The highest BCUT2D eigenvalue weighted by molar-refractivity contribution is 5.96. The van der Waals surface area contributed by atoms with Crippen molar-refractivity contribution >= 4 is 23.5 Å². The van der Waals surface area contributed by atoms with Gasteiger partial charge in [0.2, 0.25) is 0 Å². The van der Waals surface area contributed by atoms with Crippen molar-refractivity contribution in [2.75, 3.05) is 18.1 Å². The van der Waals surface area contributed by atoms with Crippen LogP contribution in [-0.2, 0) is 11.3 Å². The summed E-state index contributed by atoms with van der Waals surface area (Å²) in [7, 11) is 0. The zero-order valence-corrected chi connectivity index (χ0v) is 18.8. The molecule has 8 nitrogen and oxygen atoms in total. The molecule has 0 aliphatic carbocycles. The number of hydrogen-bond acceptors (Lipinski definition) is 5. The number of carbonyl (C=O) groups excluding carboxylic acids is 2. The lowest BCUT2D eigenvalue weighted by atomic mass is 10.1. The highest BCUT2D eigenvalue weighted by Gasteiger charge is 2.32. The summed E-state index contributed by atoms with van der Waals surface area (Å²) in [6, 6.07) is 21.7. The van der Waals surface area contributed by atoms with Gasteiger partial charge in [-0.2, -0.15) is 0 Å². The fourth-order valence-electron chi connectivity index (χ4n) is 3.55. The lowest BCUT2D eigenvalue weighted by molar-refractivity contribution is 0.0950. The van der Waals surface area contributed by atoms with Gasteiger partial charge >= 0.3 is 6.09 Å². The molecule has 1 fully saturated rings. The minimum Gasteiger partial charge on any atom is -0.490 e. The molecule has 2 amide bonds. The first kappa shape index (κ1) is 22.8. The van der Waals surface area contributed by atoms with E-state index in [4.69, 9.17) is 20.6 Å². The van der Waals surface area contributed by atoms with Crippen LogP contribution >= 0.6 is 0 Å². The first-order valence-corrected chi connectivity index (χ1v) is 10.9. The van der Waals surface area contributed by atoms with Crippen molar-refractivity contribution in [2.45, 2.75) is 19.6 Å². The number of nitrogen functional groups attached to an aromatic ring is 1. The Bertz CT molecular complexity index is 1190. The standard InChI is InChI=1S/C26H26N4O4/c1-17-5-7-18(8-6-17)14-29-25(31)20-3-2-4-22(13-20)33-16-23-15-30(26(32)34-23)21-11-9-19(10-12-21)24(27)28/h2-13,23H,14-16H2,1H3,(H3,27,28)(H,29,31). The van der Waals surface area contributed by atoms with Crippen molar-refractivity contribution in [3.8, 4) is 5.75 Å². The summed E-state index contributed by atoms with van der Waals surface area (Å²) >= 11 is 0. The van der Waals surface area contributed by atoms with Gasteiger partial charge in [-0.25, -0.2) is 4.79 Å². The molecule has 4 N–H and O–H groups in total. The van der Waals surface area contributed by atoms with Gasteiger partial charge in [0.25, 0.3) is 5.91 Å². The summed E-state index contributed by atoms with van der Waals surface area (Å²) in [5.74, 6) is 0.287. The Balaban J connectivity index is 1.31. The zero-order chi connectivity index (χ0) is 24.1. The molecule has 0 spiro atoms. The summed E-state index contributed by atoms with van der Waals surface area (Å²) in [4.78, 5) is 26.3. The molecule has 174 valence electrons. The summed E-state index contributed by atoms with van der Waals surface area (Å²) in [6.45, 7) is 2.94. The number of amidine groups is 1. The number of aryl methyl sites for hydroxylation is 1. The Morgan fingerprint density at radius 1 is 1.12 bits per heavy atom. The molecule has 0 bridgehead atoms. The average molecular weight is 459 g/mol. The topological polar surface area (TPSA) is 118 Å². The predicted molar refractivity (Wildman–Crippen MR) is 129 cm³/mol. The number of hydrogen-bond donors (Lipinski definition) is 3. The molecule has 3 aromatic carbocycles. The highest BCUT2D eigenvalue weighted by Crippen LogP contribution is 2.23. The third kappa shape index (κ3) is 5.53. The zero-order valence-electron chi connectivity index (χ0n) is 18.8. The average Bonchev–Trinajstić information content (AvgIpc) is 3.23. The van der Waals surface area contributed by atoms with Gasteiger partial charge in [-0.15, -0.1) is 0 Å². The Hall–Kier alpha value is -4.33. The molecule has 0 radical (unpaired) electrons. The minimum absolute atomic E-state index is 0.0344. The van der Waals surface area contributed by atoms with Crippen LogP contribution in [0.1, 0.15) is 27.0 Å². The summed E-state index contributed by atoms with van der Waals surface area (Å²) in [6.07, 6.45) is -0.924. The fourth-order valence-corrected chi connectivity index (χ4v) is 3.55. The molecule has 1 unspecified atom stereocenters. The number of carbonyl (C=O) groups is 2. The van der Waals surface area contributed by atoms with Crippen molar-refractivity contribution in [1.82, 2.24) is 5.32 Å². The molecule has 34 heavy (non-hydrogen) atoms. The largest absolute Gasteiger partial charge is 0.490 e. The van der Waals surface area contributed by atoms with Gasteiger partial charge in [-0.05, 0) is 55.0 Å². The van der Waals surface area contributed by atoms with E-state index < -0.39 is 12.2 Å². The Morgan fingerprint density at radius 3 is 2.56 bits per heavy atom. The number of cyclic esters (lactones) is 1. The van der Waals surface area contributed by atoms with Gasteiger partial charge in [0.1, 0.15) is 18.2 Å². The van der Waals surface area contributed by atoms with Crippen molar-refractivity contribution < 1.29 is 19.1 Å². The van der Waals surface area contributed by atoms with Crippen LogP contribution in [0.3, 0.4) is 0 Å². The van der Waals surface area contributed by atoms with Crippen LogP contribution in [0.5, 0.6) is 5.75 Å². The van der Waals surface area contributed by atoms with E-state index in [0.29, 0.717) is 35.7 Å². The summed E-state index contributed by atoms with van der Waals surface area (Å²) in [5.41, 5.74) is 9.39. The van der Waals surface area contributed by atoms with Crippen molar-refractivity contribution in [1.29, 1.82) is 5.41 Å². The van der Waals surface area contributed by atoms with E-state index in [2.05, 4.69) is 5.32 Å². The van der Waals surface area contributed by atoms with E-state index in [1.807, 2.05) is 31.2 Å². The number of nitrogens with one attached hydrogen (secondary N) is 2. The number of rotatable bonds is 8. The van der Waals surface area contributed by atoms with E-state index in [1.54, 1.807) is 48.5 Å². The summed E-state index contributed by atoms with van der Waals surface area (Å²) < 4.78 is 11.2. The van der Waals surface area contributed by atoms with Crippen LogP contribution in [0.15, 0.2) is 72.8 Å². The van der Waals surface area contributed by atoms with Crippen LogP contribution in [0.25, 0.3) is 0 Å². The van der Waals surface area contributed by atoms with Crippen LogP contribution < -0.4 is 20.7 Å². The molecule has 3 aromatic rings. The number of nitrogens with zero attached hydrogens (tertiary/aromatic N) is 1. The molecular weight excluding hydrogens is 432 g/mol. The molecule has 0 aromatic heterocycles. The van der Waals surface area contributed by atoms with Gasteiger partial charge < -0.3 is 20.5 Å². The van der Waals surface area contributed by atoms with Crippen LogP contribution in [0, 0.1) is 12.3 Å². The maximum atomic E-state index is 12.5. The van der Waals surface area contributed by atoms with Gasteiger partial charge in [0.15, 0.2) is 6.10 Å². The normalized spacial score (nSPS) is 15.0. The van der Waals surface area contributed by atoms with E-state index in [1.165, 1.54) is 10.5 Å². The molecule has 4 rings (SSSR count). The third-order valence-corrected chi connectivity index (χ3v) is 5.47. The maximum absolute atomic E-state index is 12.5. The van der Waals surface area contributed by atoms with Crippen molar-refractivity contribution in [3.63, 3.8) is 0 Å². The minimum atomic E-state index is -0.464. The van der Waals surface area contributed by atoms with E-state index in [0.717, 1.165) is 5.56 Å². The number of benzene rings is 3. The number of ether oxygens (including phenoxy) is 2. The number of anilines is 1. The molecule has 1 atom stereocenters. The monoisotopic (exact) mass is 458 g/mol. The second-order valence-corrected chi connectivity index (χ2v) is 8.08. The Labute approximate surface area is 197 Å². The second-order valence-electron chi connectivity index (χ2n) is 8.08. The van der Waals surface area contributed by atoms with E-state index in [9.17, 15) is 9.59 Å². The van der Waals surface area contributed by atoms with Gasteiger partial charge in [-0.1, -0.05) is 35.9 Å². The summed E-state index contributed by atoms with van der Waals surface area (Å²) in [5, 5.41) is 10.4. The van der Waals surface area contributed by atoms with Gasteiger partial charge in [0.05, 0.1) is 6.54 Å². The molecule has 1 aliphatic heterocycles. The van der Waals surface area contributed by atoms with Crippen molar-refractivity contribution in [2.24, 2.45) is 5.73 Å². The molecule has 8 heteroatoms. The van der Waals surface area contributed by atoms with E-state index >= 15 is 0 Å². The predicted octanol–water partition coefficient (Wildman–Crippen LogP) is 3.61.